The Morgan fingerprint density at radius 2 is 2.11 bits per heavy atom. The van der Waals surface area contributed by atoms with Crippen LogP contribution in [0.3, 0.4) is 0 Å². The molecular weight excluding hydrogens is 266 g/mol. The van der Waals surface area contributed by atoms with Gasteiger partial charge in [0, 0.05) is 32.1 Å². The second-order valence-electron chi connectivity index (χ2n) is 5.43. The maximum absolute atomic E-state index is 12.3. The molecule has 0 aromatic carbocycles. The van der Waals surface area contributed by atoms with Gasteiger partial charge >= 0.3 is 0 Å². The van der Waals surface area contributed by atoms with Crippen LogP contribution in [0.1, 0.15) is 32.6 Å². The van der Waals surface area contributed by atoms with Crippen LogP contribution in [0.5, 0.6) is 0 Å². The molecule has 110 valence electrons. The van der Waals surface area contributed by atoms with E-state index in [0.29, 0.717) is 18.9 Å². The van der Waals surface area contributed by atoms with Crippen molar-refractivity contribution >= 4 is 24.2 Å². The number of amides is 2. The van der Waals surface area contributed by atoms with E-state index in [9.17, 15) is 9.59 Å². The van der Waals surface area contributed by atoms with Crippen molar-refractivity contribution < 1.29 is 9.59 Å². The minimum atomic E-state index is 0. The van der Waals surface area contributed by atoms with Crippen molar-refractivity contribution in [1.82, 2.24) is 9.80 Å². The lowest BCUT2D eigenvalue weighted by Gasteiger charge is -2.40. The molecule has 2 amide bonds. The molecule has 0 radical (unpaired) electrons. The Balaban J connectivity index is 0.00000180. The number of nitrogens with two attached hydrogens (primary N) is 1. The van der Waals surface area contributed by atoms with E-state index in [1.165, 1.54) is 0 Å². The molecule has 0 aliphatic carbocycles. The molecule has 6 heteroatoms. The van der Waals surface area contributed by atoms with Crippen molar-refractivity contribution in [2.75, 3.05) is 26.2 Å². The summed E-state index contributed by atoms with van der Waals surface area (Å²) < 4.78 is 0. The summed E-state index contributed by atoms with van der Waals surface area (Å²) in [5, 5.41) is 0. The van der Waals surface area contributed by atoms with Crippen molar-refractivity contribution in [3.05, 3.63) is 0 Å². The van der Waals surface area contributed by atoms with E-state index >= 15 is 0 Å². The SMILES string of the molecule is CC1CCCN(C(=O)CN2CCCC2=O)C1CN.Cl. The lowest BCUT2D eigenvalue weighted by Crippen LogP contribution is -2.53. The zero-order valence-electron chi connectivity index (χ0n) is 11.5. The van der Waals surface area contributed by atoms with Gasteiger partial charge in [0.25, 0.3) is 0 Å². The van der Waals surface area contributed by atoms with E-state index < -0.39 is 0 Å². The van der Waals surface area contributed by atoms with Crippen LogP contribution in [-0.4, -0.2) is 53.8 Å². The number of likely N-dealkylation sites (tertiary alicyclic amines) is 2. The number of piperidine rings is 1. The van der Waals surface area contributed by atoms with Crippen molar-refractivity contribution in [3.8, 4) is 0 Å². The zero-order chi connectivity index (χ0) is 13.1. The van der Waals surface area contributed by atoms with Crippen LogP contribution in [0, 0.1) is 5.92 Å². The number of hydrogen-bond acceptors (Lipinski definition) is 3. The number of carbonyl (C=O) groups excluding carboxylic acids is 2. The molecule has 2 aliphatic rings. The molecule has 5 nitrogen and oxygen atoms in total. The van der Waals surface area contributed by atoms with Crippen LogP contribution in [0.25, 0.3) is 0 Å². The fourth-order valence-corrected chi connectivity index (χ4v) is 3.04. The highest BCUT2D eigenvalue weighted by Gasteiger charge is 2.32. The summed E-state index contributed by atoms with van der Waals surface area (Å²) >= 11 is 0. The largest absolute Gasteiger partial charge is 0.337 e. The van der Waals surface area contributed by atoms with Crippen molar-refractivity contribution in [2.24, 2.45) is 11.7 Å². The second kappa shape index (κ2) is 7.10. The van der Waals surface area contributed by atoms with E-state index in [1.54, 1.807) is 4.90 Å². The van der Waals surface area contributed by atoms with E-state index in [4.69, 9.17) is 5.73 Å². The van der Waals surface area contributed by atoms with Gasteiger partial charge in [-0.15, -0.1) is 12.4 Å². The van der Waals surface area contributed by atoms with Crippen LogP contribution < -0.4 is 5.73 Å². The molecule has 0 aromatic rings. The molecule has 2 saturated heterocycles. The monoisotopic (exact) mass is 289 g/mol. The summed E-state index contributed by atoms with van der Waals surface area (Å²) in [5.41, 5.74) is 5.78. The third-order valence-electron chi connectivity index (χ3n) is 4.18. The topological polar surface area (TPSA) is 66.6 Å². The maximum atomic E-state index is 12.3. The predicted molar refractivity (Wildman–Crippen MR) is 76.0 cm³/mol. The van der Waals surface area contributed by atoms with E-state index in [1.807, 2.05) is 4.90 Å². The van der Waals surface area contributed by atoms with Gasteiger partial charge < -0.3 is 15.5 Å². The number of nitrogens with zero attached hydrogens (tertiary/aromatic N) is 2. The van der Waals surface area contributed by atoms with Crippen LogP contribution in [0.2, 0.25) is 0 Å². The van der Waals surface area contributed by atoms with E-state index in [-0.39, 0.29) is 36.8 Å². The number of carbonyl (C=O) groups is 2. The van der Waals surface area contributed by atoms with Gasteiger partial charge in [0.05, 0.1) is 6.54 Å². The molecule has 2 rings (SSSR count). The molecule has 19 heavy (non-hydrogen) atoms. The summed E-state index contributed by atoms with van der Waals surface area (Å²) in [6.45, 7) is 4.41. The maximum Gasteiger partial charge on any atom is 0.242 e. The standard InChI is InChI=1S/C13H23N3O2.ClH/c1-10-4-2-7-16(11(10)8-14)13(18)9-15-6-3-5-12(15)17;/h10-11H,2-9,14H2,1H3;1H. The smallest absolute Gasteiger partial charge is 0.242 e. The molecule has 2 heterocycles. The van der Waals surface area contributed by atoms with Gasteiger partial charge in [0.15, 0.2) is 0 Å². The van der Waals surface area contributed by atoms with Gasteiger partial charge in [-0.2, -0.15) is 0 Å². The third-order valence-corrected chi connectivity index (χ3v) is 4.18. The van der Waals surface area contributed by atoms with Gasteiger partial charge in [-0.05, 0) is 25.2 Å². The van der Waals surface area contributed by atoms with Gasteiger partial charge in [-0.25, -0.2) is 0 Å². The Kier molecular flexibility index (Phi) is 6.07. The van der Waals surface area contributed by atoms with E-state index in [0.717, 1.165) is 32.4 Å². The predicted octanol–water partition coefficient (Wildman–Crippen LogP) is 0.616. The molecule has 2 atom stereocenters. The Morgan fingerprint density at radius 1 is 1.37 bits per heavy atom. The van der Waals surface area contributed by atoms with E-state index in [2.05, 4.69) is 6.92 Å². The highest BCUT2D eigenvalue weighted by Crippen LogP contribution is 2.23. The first-order valence-electron chi connectivity index (χ1n) is 6.90. The fourth-order valence-electron chi connectivity index (χ4n) is 3.04. The molecule has 2 unspecified atom stereocenters. The number of halogens is 1. The molecule has 0 bridgehead atoms. The first kappa shape index (κ1) is 16.2. The molecule has 2 N–H and O–H groups in total. The lowest BCUT2D eigenvalue weighted by molar-refractivity contribution is -0.141. The van der Waals surface area contributed by atoms with Crippen LogP contribution in [0.15, 0.2) is 0 Å². The fraction of sp³-hybridized carbons (Fsp3) is 0.846. The Hall–Kier alpha value is -0.810. The minimum absolute atomic E-state index is 0. The van der Waals surface area contributed by atoms with Gasteiger partial charge in [-0.3, -0.25) is 9.59 Å². The van der Waals surface area contributed by atoms with Gasteiger partial charge in [-0.1, -0.05) is 6.92 Å². The second-order valence-corrected chi connectivity index (χ2v) is 5.43. The molecule has 2 fully saturated rings. The summed E-state index contributed by atoms with van der Waals surface area (Å²) in [4.78, 5) is 27.4. The zero-order valence-corrected chi connectivity index (χ0v) is 12.3. The van der Waals surface area contributed by atoms with Crippen LogP contribution in [0.4, 0.5) is 0 Å². The van der Waals surface area contributed by atoms with Crippen LogP contribution >= 0.6 is 12.4 Å². The van der Waals surface area contributed by atoms with Gasteiger partial charge in [0.2, 0.25) is 11.8 Å². The minimum Gasteiger partial charge on any atom is -0.337 e. The van der Waals surface area contributed by atoms with Gasteiger partial charge in [0.1, 0.15) is 0 Å². The highest BCUT2D eigenvalue weighted by molar-refractivity contribution is 5.86. The molecule has 0 saturated carbocycles. The van der Waals surface area contributed by atoms with Crippen molar-refractivity contribution in [3.63, 3.8) is 0 Å². The normalized spacial score (nSPS) is 27.4. The third kappa shape index (κ3) is 3.60. The molecule has 0 spiro atoms. The molecule has 0 aromatic heterocycles. The average Bonchev–Trinajstić information content (AvgIpc) is 2.74. The Bertz CT molecular complexity index is 338. The lowest BCUT2D eigenvalue weighted by atomic mass is 9.90. The summed E-state index contributed by atoms with van der Waals surface area (Å²) in [6, 6.07) is 0.143. The molecule has 2 aliphatic heterocycles. The van der Waals surface area contributed by atoms with Crippen molar-refractivity contribution in [1.29, 1.82) is 0 Å². The highest BCUT2D eigenvalue weighted by atomic mass is 35.5. The first-order valence-corrected chi connectivity index (χ1v) is 6.90. The number of hydrogen-bond donors (Lipinski definition) is 1. The van der Waals surface area contributed by atoms with Crippen molar-refractivity contribution in [2.45, 2.75) is 38.6 Å². The summed E-state index contributed by atoms with van der Waals surface area (Å²) in [7, 11) is 0. The summed E-state index contributed by atoms with van der Waals surface area (Å²) in [6.07, 6.45) is 3.64. The van der Waals surface area contributed by atoms with Crippen LogP contribution in [-0.2, 0) is 9.59 Å². The Labute approximate surface area is 120 Å². The number of rotatable bonds is 3. The summed E-state index contributed by atoms with van der Waals surface area (Å²) in [5.74, 6) is 0.631. The Morgan fingerprint density at radius 3 is 2.68 bits per heavy atom. The molecular formula is C13H24ClN3O2. The first-order chi connectivity index (χ1) is 8.63. The quantitative estimate of drug-likeness (QED) is 0.828. The average molecular weight is 290 g/mol.